The quantitative estimate of drug-likeness (QED) is 0.409. The van der Waals surface area contributed by atoms with Crippen molar-refractivity contribution >= 4 is 34.5 Å². The molecule has 158 valence electrons. The van der Waals surface area contributed by atoms with Gasteiger partial charge in [-0.2, -0.15) is 11.3 Å². The van der Waals surface area contributed by atoms with Gasteiger partial charge < -0.3 is 4.74 Å². The summed E-state index contributed by atoms with van der Waals surface area (Å²) in [5.41, 5.74) is 3.33. The Balaban J connectivity index is 1.83. The van der Waals surface area contributed by atoms with Crippen LogP contribution in [0.3, 0.4) is 0 Å². The van der Waals surface area contributed by atoms with Gasteiger partial charge in [-0.1, -0.05) is 44.2 Å². The molecule has 31 heavy (non-hydrogen) atoms. The molecule has 0 radical (unpaired) electrons. The van der Waals surface area contributed by atoms with Crippen LogP contribution in [0.5, 0.6) is 5.75 Å². The first kappa shape index (κ1) is 21.0. The number of carbonyl (C=O) groups is 3. The third-order valence-corrected chi connectivity index (χ3v) is 6.32. The summed E-state index contributed by atoms with van der Waals surface area (Å²) in [4.78, 5) is 40.6. The van der Waals surface area contributed by atoms with Crippen molar-refractivity contribution in [3.8, 4) is 16.9 Å². The molecule has 1 fully saturated rings. The number of methoxy groups -OCH3 is 1. The van der Waals surface area contributed by atoms with Crippen molar-refractivity contribution in [3.05, 3.63) is 70.9 Å². The molecule has 1 saturated heterocycles. The highest BCUT2D eigenvalue weighted by Crippen LogP contribution is 2.44. The number of ether oxygens (including phenoxy) is 1. The number of benzene rings is 2. The number of para-hydroxylation sites is 1. The number of thiophene rings is 1. The number of nitrogens with zero attached hydrogens (tertiary/aromatic N) is 1. The smallest absolute Gasteiger partial charge is 0.295 e. The second-order valence-corrected chi connectivity index (χ2v) is 8.60. The lowest BCUT2D eigenvalue weighted by Crippen LogP contribution is -2.32. The molecule has 0 N–H and O–H groups in total. The van der Waals surface area contributed by atoms with Crippen molar-refractivity contribution in [1.29, 1.82) is 0 Å². The Kier molecular flexibility index (Phi) is 5.74. The first-order valence-corrected chi connectivity index (χ1v) is 11.0. The molecule has 1 aromatic heterocycles. The number of anilines is 1. The minimum Gasteiger partial charge on any atom is -0.496 e. The number of amides is 1. The van der Waals surface area contributed by atoms with Crippen LogP contribution in [0.2, 0.25) is 0 Å². The molecule has 3 aromatic rings. The van der Waals surface area contributed by atoms with Crippen molar-refractivity contribution in [3.63, 3.8) is 0 Å². The average Bonchev–Trinajstić information content (AvgIpc) is 3.41. The zero-order valence-corrected chi connectivity index (χ0v) is 18.4. The highest BCUT2D eigenvalue weighted by atomic mass is 32.1. The van der Waals surface area contributed by atoms with Gasteiger partial charge in [-0.25, -0.2) is 0 Å². The van der Waals surface area contributed by atoms with Crippen LogP contribution in [0.15, 0.2) is 65.4 Å². The highest BCUT2D eigenvalue weighted by Gasteiger charge is 2.53. The minimum absolute atomic E-state index is 0.244. The van der Waals surface area contributed by atoms with E-state index in [4.69, 9.17) is 4.74 Å². The Morgan fingerprint density at radius 2 is 1.71 bits per heavy atom. The lowest BCUT2D eigenvalue weighted by Gasteiger charge is -2.29. The van der Waals surface area contributed by atoms with Gasteiger partial charge in [0.1, 0.15) is 17.5 Å². The number of carbonyl (C=O) groups excluding carboxylic acids is 3. The lowest BCUT2D eigenvalue weighted by molar-refractivity contribution is -0.139. The SMILES string of the molecule is COc1ccccc1[C@H]1C(C(=O)C(C)C)C(=O)C(=O)N1c1ccc(-c2ccsc2)cc1. The third kappa shape index (κ3) is 3.68. The number of Topliss-reactive ketones (excluding diaryl/α,β-unsaturated/α-hetero) is 2. The summed E-state index contributed by atoms with van der Waals surface area (Å²) < 4.78 is 5.51. The van der Waals surface area contributed by atoms with Crippen molar-refractivity contribution in [1.82, 2.24) is 0 Å². The zero-order chi connectivity index (χ0) is 22.1. The number of hydrogen-bond acceptors (Lipinski definition) is 5. The highest BCUT2D eigenvalue weighted by molar-refractivity contribution is 7.08. The summed E-state index contributed by atoms with van der Waals surface area (Å²) in [6.45, 7) is 3.50. The summed E-state index contributed by atoms with van der Waals surface area (Å²) >= 11 is 1.61. The number of ketones is 2. The monoisotopic (exact) mass is 433 g/mol. The van der Waals surface area contributed by atoms with Gasteiger partial charge in [0.25, 0.3) is 5.91 Å². The van der Waals surface area contributed by atoms with Crippen LogP contribution in [-0.4, -0.2) is 24.6 Å². The maximum absolute atomic E-state index is 13.1. The molecule has 0 spiro atoms. The summed E-state index contributed by atoms with van der Waals surface area (Å²) in [5.74, 6) is -2.49. The molecule has 1 unspecified atom stereocenters. The van der Waals surface area contributed by atoms with E-state index < -0.39 is 23.7 Å². The van der Waals surface area contributed by atoms with Gasteiger partial charge in [0, 0.05) is 17.2 Å². The molecule has 0 aliphatic carbocycles. The van der Waals surface area contributed by atoms with E-state index in [9.17, 15) is 14.4 Å². The van der Waals surface area contributed by atoms with E-state index in [-0.39, 0.29) is 11.7 Å². The first-order chi connectivity index (χ1) is 14.9. The van der Waals surface area contributed by atoms with Crippen molar-refractivity contribution < 1.29 is 19.1 Å². The summed E-state index contributed by atoms with van der Waals surface area (Å²) in [6.07, 6.45) is 0. The molecule has 0 saturated carbocycles. The molecule has 4 rings (SSSR count). The van der Waals surface area contributed by atoms with Crippen molar-refractivity contribution in [2.24, 2.45) is 11.8 Å². The second kappa shape index (κ2) is 8.47. The van der Waals surface area contributed by atoms with E-state index in [2.05, 4.69) is 5.38 Å². The van der Waals surface area contributed by atoms with Crippen LogP contribution in [0, 0.1) is 11.8 Å². The van der Waals surface area contributed by atoms with Crippen LogP contribution in [0.1, 0.15) is 25.5 Å². The molecule has 6 heteroatoms. The fourth-order valence-corrected chi connectivity index (χ4v) is 4.73. The van der Waals surface area contributed by atoms with E-state index in [0.717, 1.165) is 11.1 Å². The fourth-order valence-electron chi connectivity index (χ4n) is 4.06. The van der Waals surface area contributed by atoms with Gasteiger partial charge in [-0.05, 0) is 46.2 Å². The maximum atomic E-state index is 13.1. The summed E-state index contributed by atoms with van der Waals surface area (Å²) in [7, 11) is 1.54. The van der Waals surface area contributed by atoms with Crippen LogP contribution < -0.4 is 9.64 Å². The topological polar surface area (TPSA) is 63.7 Å². The van der Waals surface area contributed by atoms with E-state index >= 15 is 0 Å². The minimum atomic E-state index is -1.07. The van der Waals surface area contributed by atoms with Crippen molar-refractivity contribution in [2.75, 3.05) is 12.0 Å². The maximum Gasteiger partial charge on any atom is 0.295 e. The number of hydrogen-bond donors (Lipinski definition) is 0. The molecule has 5 nitrogen and oxygen atoms in total. The largest absolute Gasteiger partial charge is 0.496 e. The molecule has 2 aromatic carbocycles. The van der Waals surface area contributed by atoms with Crippen LogP contribution in [-0.2, 0) is 14.4 Å². The Labute approximate surface area is 185 Å². The van der Waals surface area contributed by atoms with E-state index in [0.29, 0.717) is 17.0 Å². The van der Waals surface area contributed by atoms with Crippen LogP contribution in [0.4, 0.5) is 5.69 Å². The van der Waals surface area contributed by atoms with Gasteiger partial charge in [-0.3, -0.25) is 19.3 Å². The molecule has 1 aliphatic heterocycles. The molecule has 1 aliphatic rings. The molecular formula is C25H23NO4S. The Morgan fingerprint density at radius 3 is 2.32 bits per heavy atom. The van der Waals surface area contributed by atoms with E-state index in [1.165, 1.54) is 12.0 Å². The number of rotatable bonds is 6. The van der Waals surface area contributed by atoms with Gasteiger partial charge in [0.2, 0.25) is 5.78 Å². The van der Waals surface area contributed by atoms with E-state index in [1.807, 2.05) is 53.9 Å². The molecule has 1 amide bonds. The van der Waals surface area contributed by atoms with E-state index in [1.54, 1.807) is 31.3 Å². The predicted octanol–water partition coefficient (Wildman–Crippen LogP) is 4.92. The van der Waals surface area contributed by atoms with Gasteiger partial charge in [0.05, 0.1) is 13.2 Å². The molecule has 2 atom stereocenters. The molecule has 0 bridgehead atoms. The second-order valence-electron chi connectivity index (χ2n) is 7.82. The van der Waals surface area contributed by atoms with Gasteiger partial charge >= 0.3 is 0 Å². The molecular weight excluding hydrogens is 410 g/mol. The lowest BCUT2D eigenvalue weighted by atomic mass is 9.84. The predicted molar refractivity (Wildman–Crippen MR) is 121 cm³/mol. The molecule has 2 heterocycles. The third-order valence-electron chi connectivity index (χ3n) is 5.64. The van der Waals surface area contributed by atoms with Crippen molar-refractivity contribution in [2.45, 2.75) is 19.9 Å². The normalized spacial score (nSPS) is 18.6. The van der Waals surface area contributed by atoms with Gasteiger partial charge in [0.15, 0.2) is 0 Å². The zero-order valence-electron chi connectivity index (χ0n) is 17.6. The Hall–Kier alpha value is -3.25. The fraction of sp³-hybridized carbons (Fsp3) is 0.240. The Morgan fingerprint density at radius 1 is 1.00 bits per heavy atom. The summed E-state index contributed by atoms with van der Waals surface area (Å²) in [6, 6.07) is 16.0. The Bertz CT molecular complexity index is 1120. The van der Waals surface area contributed by atoms with Gasteiger partial charge in [-0.15, -0.1) is 0 Å². The standard InChI is InChI=1S/C25H23NO4S/c1-15(2)23(27)21-22(19-6-4-5-7-20(19)30-3)26(25(29)24(21)28)18-10-8-16(9-11-18)17-12-13-31-14-17/h4-15,21-22H,1-3H3/t21?,22-/m0/s1. The summed E-state index contributed by atoms with van der Waals surface area (Å²) in [5, 5.41) is 4.06. The van der Waals surface area contributed by atoms with Crippen LogP contribution >= 0.6 is 11.3 Å². The first-order valence-electron chi connectivity index (χ1n) is 10.1. The van der Waals surface area contributed by atoms with Crippen LogP contribution in [0.25, 0.3) is 11.1 Å². The average molecular weight is 434 g/mol.